The van der Waals surface area contributed by atoms with Crippen molar-refractivity contribution in [2.24, 2.45) is 11.7 Å². The number of primary amides is 1. The Morgan fingerprint density at radius 1 is 1.26 bits per heavy atom. The third-order valence-electron chi connectivity index (χ3n) is 6.40. The molecule has 4 rings (SSSR count). The minimum absolute atomic E-state index is 0.0828. The number of fused-ring (bicyclic) bond motifs is 1. The monoisotopic (exact) mass is 445 g/mol. The number of aromatic nitrogens is 2. The van der Waals surface area contributed by atoms with Crippen molar-refractivity contribution >= 4 is 28.4 Å². The van der Waals surface area contributed by atoms with Crippen LogP contribution in [0.3, 0.4) is 0 Å². The van der Waals surface area contributed by atoms with Gasteiger partial charge in [0, 0.05) is 23.9 Å². The van der Waals surface area contributed by atoms with Crippen molar-refractivity contribution in [2.75, 3.05) is 0 Å². The molecule has 1 aliphatic carbocycles. The second-order valence-corrected chi connectivity index (χ2v) is 8.48. The van der Waals surface area contributed by atoms with Crippen LogP contribution in [0.4, 0.5) is 8.78 Å². The Bertz CT molecular complexity index is 1230. The fourth-order valence-electron chi connectivity index (χ4n) is 4.78. The fraction of sp³-hybridized carbons (Fsp3) is 0.348. The zero-order valence-electron chi connectivity index (χ0n) is 16.9. The van der Waals surface area contributed by atoms with Gasteiger partial charge in [0.1, 0.15) is 5.69 Å². The van der Waals surface area contributed by atoms with Crippen LogP contribution in [0.25, 0.3) is 10.9 Å². The Morgan fingerprint density at radius 2 is 2.03 bits per heavy atom. The second-order valence-electron chi connectivity index (χ2n) is 8.10. The van der Waals surface area contributed by atoms with Gasteiger partial charge in [0.05, 0.1) is 15.9 Å². The van der Waals surface area contributed by atoms with Gasteiger partial charge in [0.25, 0.3) is 5.91 Å². The highest BCUT2D eigenvalue weighted by molar-refractivity contribution is 6.31. The molecule has 1 aliphatic rings. The highest BCUT2D eigenvalue weighted by atomic mass is 35.5. The number of carbonyl (C=O) groups excluding carboxylic acids is 1. The summed E-state index contributed by atoms with van der Waals surface area (Å²) < 4.78 is 27.8. The number of aromatic amines is 1. The van der Waals surface area contributed by atoms with Gasteiger partial charge in [-0.3, -0.25) is 14.6 Å². The number of nitrogens with zero attached hydrogens (tertiary/aromatic N) is 1. The number of benzene rings is 1. The molecule has 1 saturated carbocycles. The molecule has 0 radical (unpaired) electrons. The fourth-order valence-corrected chi connectivity index (χ4v) is 5.07. The van der Waals surface area contributed by atoms with Crippen LogP contribution in [0.15, 0.2) is 35.3 Å². The van der Waals surface area contributed by atoms with E-state index in [4.69, 9.17) is 17.3 Å². The van der Waals surface area contributed by atoms with E-state index < -0.39 is 17.5 Å². The van der Waals surface area contributed by atoms with Crippen LogP contribution < -0.4 is 11.2 Å². The molecule has 8 heteroatoms. The van der Waals surface area contributed by atoms with Crippen molar-refractivity contribution in [1.29, 1.82) is 0 Å². The van der Waals surface area contributed by atoms with E-state index in [1.165, 1.54) is 18.3 Å². The van der Waals surface area contributed by atoms with Crippen molar-refractivity contribution in [3.8, 4) is 0 Å². The molecule has 31 heavy (non-hydrogen) atoms. The number of hydrogen-bond acceptors (Lipinski definition) is 3. The molecular formula is C23H22ClF2N3O2. The summed E-state index contributed by atoms with van der Waals surface area (Å²) in [5.41, 5.74) is 6.59. The number of H-pyrrole nitrogens is 1. The van der Waals surface area contributed by atoms with Crippen LogP contribution in [0.5, 0.6) is 0 Å². The lowest BCUT2D eigenvalue weighted by Crippen LogP contribution is -2.25. The highest BCUT2D eigenvalue weighted by Crippen LogP contribution is 2.48. The van der Waals surface area contributed by atoms with E-state index >= 15 is 0 Å². The van der Waals surface area contributed by atoms with Crippen LogP contribution in [-0.2, 0) is 0 Å². The van der Waals surface area contributed by atoms with Gasteiger partial charge in [-0.15, -0.1) is 0 Å². The minimum atomic E-state index is -1.06. The van der Waals surface area contributed by atoms with E-state index in [2.05, 4.69) is 16.9 Å². The topological polar surface area (TPSA) is 88.8 Å². The molecule has 2 unspecified atom stereocenters. The number of pyridine rings is 2. The van der Waals surface area contributed by atoms with Gasteiger partial charge in [-0.2, -0.15) is 0 Å². The van der Waals surface area contributed by atoms with E-state index in [1.54, 1.807) is 6.07 Å². The maximum absolute atomic E-state index is 14.2. The molecule has 1 fully saturated rings. The largest absolute Gasteiger partial charge is 0.364 e. The standard InChI is InChI=1S/C23H22ClF2N3O2/c1-2-11-3-4-12(13-5-6-15(25)21(26)20(13)24)14(9-11)17-10-18(30)19-16(29-17)7-8-28-22(19)23(27)31/h5-8,10-12,14H,2-4,9H2,1H3,(H2,27,31)(H,29,30)/t11-,12?,14?/m0/s1. The normalized spacial score (nSPS) is 21.4. The molecule has 0 aliphatic heterocycles. The minimum Gasteiger partial charge on any atom is -0.364 e. The first-order valence-electron chi connectivity index (χ1n) is 10.3. The SMILES string of the molecule is CC[C@H]1CCC(c2ccc(F)c(F)c2Cl)C(c2cc(=O)c3c(C(N)=O)nccc3[nH]2)C1. The van der Waals surface area contributed by atoms with Crippen molar-refractivity contribution in [1.82, 2.24) is 9.97 Å². The molecule has 0 spiro atoms. The molecule has 1 aromatic carbocycles. The smallest absolute Gasteiger partial charge is 0.268 e. The second kappa shape index (κ2) is 8.38. The van der Waals surface area contributed by atoms with Crippen LogP contribution in [0.1, 0.15) is 66.2 Å². The number of halogens is 3. The Labute approximate surface area is 182 Å². The first-order valence-corrected chi connectivity index (χ1v) is 10.6. The van der Waals surface area contributed by atoms with Crippen molar-refractivity contribution in [3.05, 3.63) is 74.3 Å². The van der Waals surface area contributed by atoms with Crippen LogP contribution >= 0.6 is 11.6 Å². The zero-order valence-corrected chi connectivity index (χ0v) is 17.7. The first kappa shape index (κ1) is 21.4. The summed E-state index contributed by atoms with van der Waals surface area (Å²) in [7, 11) is 0. The van der Waals surface area contributed by atoms with Crippen LogP contribution in [0.2, 0.25) is 5.02 Å². The molecule has 2 heterocycles. The summed E-state index contributed by atoms with van der Waals surface area (Å²) >= 11 is 6.19. The average Bonchev–Trinajstić information content (AvgIpc) is 2.76. The van der Waals surface area contributed by atoms with Gasteiger partial charge >= 0.3 is 0 Å². The maximum Gasteiger partial charge on any atom is 0.268 e. The Balaban J connectivity index is 1.86. The molecular weight excluding hydrogens is 424 g/mol. The van der Waals surface area contributed by atoms with Gasteiger partial charge in [-0.1, -0.05) is 31.0 Å². The lowest BCUT2D eigenvalue weighted by Gasteiger charge is -2.37. The lowest BCUT2D eigenvalue weighted by atomic mass is 9.69. The van der Waals surface area contributed by atoms with Crippen LogP contribution in [0, 0.1) is 17.6 Å². The van der Waals surface area contributed by atoms with Crippen molar-refractivity contribution in [3.63, 3.8) is 0 Å². The molecule has 0 saturated heterocycles. The zero-order chi connectivity index (χ0) is 22.3. The van der Waals surface area contributed by atoms with Crippen molar-refractivity contribution in [2.45, 2.75) is 44.4 Å². The number of hydrogen-bond donors (Lipinski definition) is 2. The third kappa shape index (κ3) is 3.82. The lowest BCUT2D eigenvalue weighted by molar-refractivity contribution is 0.0997. The third-order valence-corrected chi connectivity index (χ3v) is 6.78. The number of amides is 1. The van der Waals surface area contributed by atoms with E-state index in [0.717, 1.165) is 31.7 Å². The van der Waals surface area contributed by atoms with Crippen LogP contribution in [-0.4, -0.2) is 15.9 Å². The molecule has 5 nitrogen and oxygen atoms in total. The van der Waals surface area contributed by atoms with E-state index in [9.17, 15) is 18.4 Å². The number of nitrogens with one attached hydrogen (secondary N) is 1. The molecule has 3 aromatic rings. The molecule has 3 N–H and O–H groups in total. The maximum atomic E-state index is 14.2. The number of carbonyl (C=O) groups is 1. The van der Waals surface area contributed by atoms with E-state index in [-0.39, 0.29) is 33.4 Å². The van der Waals surface area contributed by atoms with E-state index in [1.807, 2.05) is 0 Å². The summed E-state index contributed by atoms with van der Waals surface area (Å²) in [6, 6.07) is 5.69. The molecule has 0 bridgehead atoms. The Kier molecular flexibility index (Phi) is 5.79. The molecule has 3 atom stereocenters. The van der Waals surface area contributed by atoms with Gasteiger partial charge in [-0.25, -0.2) is 8.78 Å². The van der Waals surface area contributed by atoms with Gasteiger partial charge < -0.3 is 10.7 Å². The predicted octanol–water partition coefficient (Wildman–Crippen LogP) is 5.03. The molecule has 2 aromatic heterocycles. The predicted molar refractivity (Wildman–Crippen MR) is 115 cm³/mol. The van der Waals surface area contributed by atoms with Gasteiger partial charge in [-0.05, 0) is 48.8 Å². The number of rotatable bonds is 4. The summed E-state index contributed by atoms with van der Waals surface area (Å²) in [5, 5.41) is -0.0719. The summed E-state index contributed by atoms with van der Waals surface area (Å²) in [4.78, 5) is 31.8. The Morgan fingerprint density at radius 3 is 2.74 bits per heavy atom. The van der Waals surface area contributed by atoms with Gasteiger partial charge in [0.15, 0.2) is 17.1 Å². The van der Waals surface area contributed by atoms with E-state index in [0.29, 0.717) is 22.7 Å². The van der Waals surface area contributed by atoms with Gasteiger partial charge in [0.2, 0.25) is 0 Å². The average molecular weight is 446 g/mol. The highest BCUT2D eigenvalue weighted by Gasteiger charge is 2.35. The summed E-state index contributed by atoms with van der Waals surface area (Å²) in [5.74, 6) is -2.72. The molecule has 162 valence electrons. The quantitative estimate of drug-likeness (QED) is 0.552. The first-order chi connectivity index (χ1) is 14.8. The molecule has 1 amide bonds. The number of nitrogens with two attached hydrogens (primary N) is 1. The Hall–Kier alpha value is -2.80. The van der Waals surface area contributed by atoms with Crippen molar-refractivity contribution < 1.29 is 13.6 Å². The summed E-state index contributed by atoms with van der Waals surface area (Å²) in [6.45, 7) is 2.11. The summed E-state index contributed by atoms with van der Waals surface area (Å²) in [6.07, 6.45) is 4.83.